The molecule has 0 saturated carbocycles. The van der Waals surface area contributed by atoms with Gasteiger partial charge in [-0.15, -0.1) is 12.3 Å². The van der Waals surface area contributed by atoms with Gasteiger partial charge in [0.15, 0.2) is 0 Å². The van der Waals surface area contributed by atoms with Crippen molar-refractivity contribution < 1.29 is 14.2 Å². The summed E-state index contributed by atoms with van der Waals surface area (Å²) in [6.07, 6.45) is 12.4. The quantitative estimate of drug-likeness (QED) is 0.0968. The van der Waals surface area contributed by atoms with E-state index in [0.29, 0.717) is 56.0 Å². The van der Waals surface area contributed by atoms with E-state index in [1.807, 2.05) is 53.2 Å². The number of hydrogen-bond acceptors (Lipinski definition) is 8. The average molecular weight is 717 g/mol. The molecule has 1 saturated heterocycles. The highest BCUT2D eigenvalue weighted by Crippen LogP contribution is 2.25. The van der Waals surface area contributed by atoms with Crippen LogP contribution in [0.3, 0.4) is 0 Å². The molecule has 13 heteroatoms. The van der Waals surface area contributed by atoms with Gasteiger partial charge < -0.3 is 28.6 Å². The van der Waals surface area contributed by atoms with Gasteiger partial charge in [0, 0.05) is 73.0 Å². The number of imidazole rings is 1. The van der Waals surface area contributed by atoms with E-state index >= 15 is 0 Å². The van der Waals surface area contributed by atoms with E-state index < -0.39 is 0 Å². The monoisotopic (exact) mass is 715 g/mol. The second kappa shape index (κ2) is 17.3. The van der Waals surface area contributed by atoms with Gasteiger partial charge in [0.1, 0.15) is 24.8 Å². The van der Waals surface area contributed by atoms with E-state index in [9.17, 15) is 4.79 Å². The van der Waals surface area contributed by atoms with Crippen molar-refractivity contribution in [3.63, 3.8) is 0 Å². The van der Waals surface area contributed by atoms with E-state index in [-0.39, 0.29) is 11.8 Å². The van der Waals surface area contributed by atoms with Crippen LogP contribution in [-0.4, -0.2) is 76.0 Å². The van der Waals surface area contributed by atoms with E-state index in [0.717, 1.165) is 54.6 Å². The molecule has 1 aliphatic heterocycles. The largest absolute Gasteiger partial charge is 0.491 e. The van der Waals surface area contributed by atoms with Gasteiger partial charge in [-0.3, -0.25) is 0 Å². The lowest BCUT2D eigenvalue weighted by Crippen LogP contribution is -2.46. The number of benzene rings is 3. The Balaban J connectivity index is 0.988. The summed E-state index contributed by atoms with van der Waals surface area (Å²) in [7, 11) is 0. The Morgan fingerprint density at radius 1 is 0.860 bits per heavy atom. The maximum atomic E-state index is 12.6. The van der Waals surface area contributed by atoms with Gasteiger partial charge in [-0.25, -0.2) is 19.0 Å². The second-order valence-corrected chi connectivity index (χ2v) is 12.6. The highest BCUT2D eigenvalue weighted by atomic mass is 35.5. The molecule has 6 rings (SSSR count). The predicted molar refractivity (Wildman–Crippen MR) is 196 cm³/mol. The summed E-state index contributed by atoms with van der Waals surface area (Å²) in [5.74, 6) is 3.30. The lowest BCUT2D eigenvalue weighted by atomic mass is 10.2. The fourth-order valence-corrected chi connectivity index (χ4v) is 6.08. The Morgan fingerprint density at radius 3 is 2.22 bits per heavy atom. The van der Waals surface area contributed by atoms with Crippen molar-refractivity contribution in [1.82, 2.24) is 23.9 Å². The molecule has 260 valence electrons. The second-order valence-electron chi connectivity index (χ2n) is 11.8. The third-order valence-corrected chi connectivity index (χ3v) is 9.05. The summed E-state index contributed by atoms with van der Waals surface area (Å²) in [6, 6.07) is 21.5. The van der Waals surface area contributed by atoms with E-state index in [1.165, 1.54) is 15.6 Å². The van der Waals surface area contributed by atoms with Crippen LogP contribution >= 0.6 is 23.2 Å². The molecular weight excluding hydrogens is 677 g/mol. The molecule has 3 heterocycles. The molecule has 1 atom stereocenters. The summed E-state index contributed by atoms with van der Waals surface area (Å²) >= 11 is 12.4. The third kappa shape index (κ3) is 9.28. The zero-order chi connectivity index (χ0) is 34.7. The van der Waals surface area contributed by atoms with E-state index in [2.05, 4.69) is 37.9 Å². The maximum Gasteiger partial charge on any atom is 0.350 e. The summed E-state index contributed by atoms with van der Waals surface area (Å²) in [4.78, 5) is 21.4. The van der Waals surface area contributed by atoms with E-state index in [1.54, 1.807) is 24.7 Å². The summed E-state index contributed by atoms with van der Waals surface area (Å²) in [6.45, 7) is 6.11. The number of aryl methyl sites for hydroxylation is 1. The highest BCUT2D eigenvalue weighted by molar-refractivity contribution is 6.35. The SMILES string of the molecule is C#CCCn1ncn(-c2ccc(N3CCN(c4ccc(OC[C@H](COCCn5ccnc5)OCc5ccc(Cl)cc5Cl)cc4)CC3)cc2)c1=O. The minimum Gasteiger partial charge on any atom is -0.491 e. The Bertz CT molecular complexity index is 1900. The topological polar surface area (TPSA) is 91.8 Å². The Morgan fingerprint density at radius 2 is 1.56 bits per heavy atom. The molecule has 0 bridgehead atoms. The van der Waals surface area contributed by atoms with Crippen LogP contribution in [0.1, 0.15) is 12.0 Å². The van der Waals surface area contributed by atoms with Gasteiger partial charge >= 0.3 is 5.69 Å². The molecule has 0 radical (unpaired) electrons. The van der Waals surface area contributed by atoms with Crippen LogP contribution in [0.25, 0.3) is 5.69 Å². The van der Waals surface area contributed by atoms with Crippen LogP contribution in [0.4, 0.5) is 11.4 Å². The molecule has 0 aliphatic carbocycles. The van der Waals surface area contributed by atoms with Gasteiger partial charge in [-0.05, 0) is 66.2 Å². The summed E-state index contributed by atoms with van der Waals surface area (Å²) in [5.41, 5.74) is 3.68. The van der Waals surface area contributed by atoms with Gasteiger partial charge in [0.25, 0.3) is 0 Å². The van der Waals surface area contributed by atoms with Crippen LogP contribution in [0.2, 0.25) is 10.0 Å². The Hall–Kier alpha value is -4.73. The fraction of sp³-hybridized carbons (Fsp3) is 0.324. The normalized spacial score (nSPS) is 13.7. The van der Waals surface area contributed by atoms with Gasteiger partial charge in [-0.2, -0.15) is 5.10 Å². The first kappa shape index (κ1) is 35.1. The average Bonchev–Trinajstić information content (AvgIpc) is 3.80. The molecule has 5 aromatic rings. The van der Waals surface area contributed by atoms with Crippen molar-refractivity contribution in [1.29, 1.82) is 0 Å². The van der Waals surface area contributed by atoms with Crippen LogP contribution < -0.4 is 20.2 Å². The molecule has 0 unspecified atom stereocenters. The molecule has 2 aromatic heterocycles. The first-order valence-corrected chi connectivity index (χ1v) is 17.2. The summed E-state index contributed by atoms with van der Waals surface area (Å²) in [5, 5.41) is 5.31. The van der Waals surface area contributed by atoms with Crippen molar-refractivity contribution >= 4 is 34.6 Å². The van der Waals surface area contributed by atoms with Gasteiger partial charge in [0.2, 0.25) is 0 Å². The molecule has 0 N–H and O–H groups in total. The highest BCUT2D eigenvalue weighted by Gasteiger charge is 2.19. The number of aromatic nitrogens is 5. The first-order valence-electron chi connectivity index (χ1n) is 16.5. The van der Waals surface area contributed by atoms with E-state index in [4.69, 9.17) is 43.8 Å². The van der Waals surface area contributed by atoms with Crippen molar-refractivity contribution in [3.8, 4) is 23.8 Å². The maximum absolute atomic E-state index is 12.6. The number of nitrogens with zero attached hydrogens (tertiary/aromatic N) is 7. The minimum atomic E-state index is -0.316. The Labute approximate surface area is 301 Å². The van der Waals surface area contributed by atoms with Crippen molar-refractivity contribution in [2.75, 3.05) is 55.8 Å². The standard InChI is InChI=1S/C37H39Cl2N7O4/c1-2-3-15-46-37(47)45(28-41-46)33-8-6-31(7-9-33)43-17-19-44(20-18-43)32-10-12-34(13-11-32)50-26-35(25-48-22-21-42-16-14-40-27-42)49-24-29-4-5-30(38)23-36(29)39/h1,4-14,16,23,27-28,35H,3,15,17-22,24-26H2/t35-/m0/s1. The van der Waals surface area contributed by atoms with Crippen LogP contribution in [-0.2, 0) is 29.2 Å². The number of hydrogen-bond donors (Lipinski definition) is 0. The first-order chi connectivity index (χ1) is 24.5. The molecule has 50 heavy (non-hydrogen) atoms. The minimum absolute atomic E-state index is 0.197. The zero-order valence-electron chi connectivity index (χ0n) is 27.6. The van der Waals surface area contributed by atoms with Crippen molar-refractivity contribution in [2.45, 2.75) is 32.2 Å². The van der Waals surface area contributed by atoms with Crippen LogP contribution in [0, 0.1) is 12.3 Å². The van der Waals surface area contributed by atoms with Gasteiger partial charge in [0.05, 0.1) is 38.4 Å². The molecular formula is C37H39Cl2N7O4. The summed E-state index contributed by atoms with van der Waals surface area (Å²) < 4.78 is 23.2. The van der Waals surface area contributed by atoms with Crippen LogP contribution in [0.5, 0.6) is 5.75 Å². The van der Waals surface area contributed by atoms with Gasteiger partial charge in [-0.1, -0.05) is 29.3 Å². The lowest BCUT2D eigenvalue weighted by molar-refractivity contribution is -0.0460. The van der Waals surface area contributed by atoms with Crippen molar-refractivity contribution in [2.24, 2.45) is 0 Å². The number of anilines is 2. The third-order valence-electron chi connectivity index (χ3n) is 8.46. The fourth-order valence-electron chi connectivity index (χ4n) is 5.62. The predicted octanol–water partition coefficient (Wildman–Crippen LogP) is 5.57. The number of rotatable bonds is 16. The number of halogens is 2. The molecule has 3 aromatic carbocycles. The molecule has 0 amide bonds. The molecule has 11 nitrogen and oxygen atoms in total. The smallest absolute Gasteiger partial charge is 0.350 e. The lowest BCUT2D eigenvalue weighted by Gasteiger charge is -2.37. The van der Waals surface area contributed by atoms with Crippen LogP contribution in [0.15, 0.2) is 96.6 Å². The molecule has 0 spiro atoms. The number of ether oxygens (including phenoxy) is 3. The van der Waals surface area contributed by atoms with Crippen molar-refractivity contribution in [3.05, 3.63) is 118 Å². The molecule has 1 aliphatic rings. The number of terminal acetylenes is 1. The Kier molecular flexibility index (Phi) is 12.1. The number of piperazine rings is 1. The molecule has 1 fully saturated rings. The zero-order valence-corrected chi connectivity index (χ0v) is 29.1.